The number of alkyl carbamates (subject to hydrolysis) is 1. The van der Waals surface area contributed by atoms with E-state index in [1.165, 1.54) is 0 Å². The molecule has 1 aliphatic heterocycles. The summed E-state index contributed by atoms with van der Waals surface area (Å²) in [7, 11) is 0. The van der Waals surface area contributed by atoms with Crippen molar-refractivity contribution in [1.29, 1.82) is 0 Å². The van der Waals surface area contributed by atoms with E-state index in [0.717, 1.165) is 19.4 Å². The molecule has 94 valence electrons. The maximum Gasteiger partial charge on any atom is 0.407 e. The van der Waals surface area contributed by atoms with Gasteiger partial charge in [-0.05, 0) is 33.6 Å². The molecule has 0 saturated carbocycles. The Morgan fingerprint density at radius 2 is 2.25 bits per heavy atom. The van der Waals surface area contributed by atoms with Crippen LogP contribution in [-0.4, -0.2) is 37.0 Å². The summed E-state index contributed by atoms with van der Waals surface area (Å²) in [6, 6.07) is 0. The number of hydrogen-bond donors (Lipinski definition) is 2. The van der Waals surface area contributed by atoms with Crippen molar-refractivity contribution >= 4 is 6.09 Å². The van der Waals surface area contributed by atoms with Gasteiger partial charge in [0.05, 0.1) is 12.1 Å². The predicted molar refractivity (Wildman–Crippen MR) is 61.2 cm³/mol. The first-order valence-electron chi connectivity index (χ1n) is 5.64. The van der Waals surface area contributed by atoms with E-state index in [1.54, 1.807) is 0 Å². The topological polar surface area (TPSA) is 73.6 Å². The van der Waals surface area contributed by atoms with E-state index in [1.807, 2.05) is 20.8 Å². The van der Waals surface area contributed by atoms with Crippen molar-refractivity contribution < 1.29 is 14.3 Å². The lowest BCUT2D eigenvalue weighted by Gasteiger charge is -2.33. The monoisotopic (exact) mass is 230 g/mol. The van der Waals surface area contributed by atoms with Crippen LogP contribution in [0.1, 0.15) is 33.6 Å². The van der Waals surface area contributed by atoms with Gasteiger partial charge in [0.15, 0.2) is 0 Å². The smallest absolute Gasteiger partial charge is 0.407 e. The third kappa shape index (κ3) is 4.81. The van der Waals surface area contributed by atoms with E-state index < -0.39 is 17.2 Å². The first-order chi connectivity index (χ1) is 7.31. The van der Waals surface area contributed by atoms with Crippen LogP contribution in [0.3, 0.4) is 0 Å². The minimum atomic E-state index is -0.477. The highest BCUT2D eigenvalue weighted by molar-refractivity contribution is 5.67. The van der Waals surface area contributed by atoms with Gasteiger partial charge in [-0.3, -0.25) is 0 Å². The summed E-state index contributed by atoms with van der Waals surface area (Å²) in [5.74, 6) is 0. The standard InChI is InChI=1S/C11H22N2O3/c1-10(2,3)16-9(14)13-7-11(12)5-4-6-15-8-11/h4-8,12H2,1-3H3,(H,13,14). The summed E-state index contributed by atoms with van der Waals surface area (Å²) in [6.07, 6.45) is 1.37. The third-order valence-corrected chi connectivity index (χ3v) is 2.34. The molecule has 0 bridgehead atoms. The van der Waals surface area contributed by atoms with Crippen LogP contribution < -0.4 is 11.1 Å². The van der Waals surface area contributed by atoms with Crippen LogP contribution in [0.15, 0.2) is 0 Å². The quantitative estimate of drug-likeness (QED) is 0.742. The van der Waals surface area contributed by atoms with Gasteiger partial charge in [0.1, 0.15) is 5.60 Å². The van der Waals surface area contributed by atoms with Gasteiger partial charge in [-0.15, -0.1) is 0 Å². The molecule has 1 atom stereocenters. The number of carbonyl (C=O) groups is 1. The number of amides is 1. The molecule has 16 heavy (non-hydrogen) atoms. The molecule has 1 rings (SSSR count). The number of hydrogen-bond acceptors (Lipinski definition) is 4. The van der Waals surface area contributed by atoms with Crippen LogP contribution in [0.25, 0.3) is 0 Å². The molecule has 0 aromatic heterocycles. The maximum absolute atomic E-state index is 11.4. The van der Waals surface area contributed by atoms with Crippen LogP contribution in [0.5, 0.6) is 0 Å². The molecule has 1 fully saturated rings. The van der Waals surface area contributed by atoms with Crippen molar-refractivity contribution in [3.05, 3.63) is 0 Å². The molecule has 0 radical (unpaired) electrons. The predicted octanol–water partition coefficient (Wildman–Crippen LogP) is 1.02. The van der Waals surface area contributed by atoms with E-state index in [4.69, 9.17) is 15.2 Å². The molecule has 1 heterocycles. The molecular weight excluding hydrogens is 208 g/mol. The van der Waals surface area contributed by atoms with Gasteiger partial charge in [-0.1, -0.05) is 0 Å². The van der Waals surface area contributed by atoms with Crippen molar-refractivity contribution in [3.8, 4) is 0 Å². The lowest BCUT2D eigenvalue weighted by molar-refractivity contribution is 0.0297. The summed E-state index contributed by atoms with van der Waals surface area (Å²) in [4.78, 5) is 11.4. The average Bonchev–Trinajstić information content (AvgIpc) is 2.14. The van der Waals surface area contributed by atoms with Gasteiger partial charge in [0, 0.05) is 13.2 Å². The van der Waals surface area contributed by atoms with E-state index in [0.29, 0.717) is 13.2 Å². The van der Waals surface area contributed by atoms with E-state index in [2.05, 4.69) is 5.32 Å². The Hall–Kier alpha value is -0.810. The minimum absolute atomic E-state index is 0.391. The molecule has 5 nitrogen and oxygen atoms in total. The Labute approximate surface area is 96.7 Å². The Bertz CT molecular complexity index is 242. The number of nitrogens with one attached hydrogen (secondary N) is 1. The minimum Gasteiger partial charge on any atom is -0.444 e. The molecule has 3 N–H and O–H groups in total. The maximum atomic E-state index is 11.4. The fourth-order valence-electron chi connectivity index (χ4n) is 1.58. The van der Waals surface area contributed by atoms with Gasteiger partial charge in [0.25, 0.3) is 0 Å². The first-order valence-corrected chi connectivity index (χ1v) is 5.64. The van der Waals surface area contributed by atoms with Crippen LogP contribution in [0.2, 0.25) is 0 Å². The van der Waals surface area contributed by atoms with E-state index in [9.17, 15) is 4.79 Å². The Morgan fingerprint density at radius 3 is 2.75 bits per heavy atom. The second kappa shape index (κ2) is 5.01. The summed E-state index contributed by atoms with van der Waals surface area (Å²) in [6.45, 7) is 7.12. The van der Waals surface area contributed by atoms with Crippen LogP contribution in [-0.2, 0) is 9.47 Å². The number of carbonyl (C=O) groups excluding carboxylic acids is 1. The molecule has 1 aliphatic rings. The zero-order chi connectivity index (χ0) is 12.2. The molecule has 1 saturated heterocycles. The summed E-state index contributed by atoms with van der Waals surface area (Å²) in [5, 5.41) is 2.68. The van der Waals surface area contributed by atoms with Crippen molar-refractivity contribution in [2.24, 2.45) is 5.73 Å². The van der Waals surface area contributed by atoms with Crippen molar-refractivity contribution in [1.82, 2.24) is 5.32 Å². The fourth-order valence-corrected chi connectivity index (χ4v) is 1.58. The lowest BCUT2D eigenvalue weighted by Crippen LogP contribution is -2.55. The van der Waals surface area contributed by atoms with Gasteiger partial charge in [-0.2, -0.15) is 0 Å². The fraction of sp³-hybridized carbons (Fsp3) is 0.909. The van der Waals surface area contributed by atoms with Crippen LogP contribution in [0, 0.1) is 0 Å². The Morgan fingerprint density at radius 1 is 1.56 bits per heavy atom. The Balaban J connectivity index is 2.30. The Kier molecular flexibility index (Phi) is 4.15. The lowest BCUT2D eigenvalue weighted by atomic mass is 9.94. The highest BCUT2D eigenvalue weighted by Crippen LogP contribution is 2.15. The molecule has 0 spiro atoms. The summed E-state index contributed by atoms with van der Waals surface area (Å²) < 4.78 is 10.4. The highest BCUT2D eigenvalue weighted by atomic mass is 16.6. The third-order valence-electron chi connectivity index (χ3n) is 2.34. The zero-order valence-corrected chi connectivity index (χ0v) is 10.3. The van der Waals surface area contributed by atoms with Crippen molar-refractivity contribution in [3.63, 3.8) is 0 Å². The largest absolute Gasteiger partial charge is 0.444 e. The molecular formula is C11H22N2O3. The van der Waals surface area contributed by atoms with Gasteiger partial charge in [-0.25, -0.2) is 4.79 Å². The van der Waals surface area contributed by atoms with Gasteiger partial charge in [0.2, 0.25) is 0 Å². The van der Waals surface area contributed by atoms with Gasteiger partial charge < -0.3 is 20.5 Å². The molecule has 1 unspecified atom stereocenters. The van der Waals surface area contributed by atoms with E-state index >= 15 is 0 Å². The second-order valence-corrected chi connectivity index (χ2v) is 5.37. The summed E-state index contributed by atoms with van der Waals surface area (Å²) in [5.41, 5.74) is 5.15. The van der Waals surface area contributed by atoms with Crippen LogP contribution >= 0.6 is 0 Å². The highest BCUT2D eigenvalue weighted by Gasteiger charge is 2.29. The molecule has 5 heteroatoms. The molecule has 0 aromatic rings. The number of nitrogens with two attached hydrogens (primary N) is 1. The van der Waals surface area contributed by atoms with E-state index in [-0.39, 0.29) is 0 Å². The van der Waals surface area contributed by atoms with Crippen molar-refractivity contribution in [2.45, 2.75) is 44.8 Å². The second-order valence-electron chi connectivity index (χ2n) is 5.37. The zero-order valence-electron chi connectivity index (χ0n) is 10.3. The number of rotatable bonds is 2. The molecule has 0 aromatic carbocycles. The average molecular weight is 230 g/mol. The first kappa shape index (κ1) is 13.3. The number of ether oxygens (including phenoxy) is 2. The van der Waals surface area contributed by atoms with Gasteiger partial charge >= 0.3 is 6.09 Å². The summed E-state index contributed by atoms with van der Waals surface area (Å²) >= 11 is 0. The molecule has 1 amide bonds. The SMILES string of the molecule is CC(C)(C)OC(=O)NCC1(N)CCCOC1. The molecule has 0 aliphatic carbocycles. The normalized spacial score (nSPS) is 26.2. The van der Waals surface area contributed by atoms with Crippen molar-refractivity contribution in [2.75, 3.05) is 19.8 Å². The van der Waals surface area contributed by atoms with Crippen LogP contribution in [0.4, 0.5) is 4.79 Å².